The van der Waals surface area contributed by atoms with Gasteiger partial charge in [-0.15, -0.1) is 11.3 Å². The number of aliphatic hydroxyl groups is 1. The largest absolute Gasteiger partial charge is 0.394 e. The van der Waals surface area contributed by atoms with E-state index in [1.807, 2.05) is 70.9 Å². The highest BCUT2D eigenvalue weighted by molar-refractivity contribution is 7.10. The molecule has 1 unspecified atom stereocenters. The molecule has 276 valence electrons. The molecule has 4 N–H and O–H groups in total. The van der Waals surface area contributed by atoms with Crippen molar-refractivity contribution in [3.8, 4) is 11.1 Å². The zero-order valence-corrected chi connectivity index (χ0v) is 30.7. The van der Waals surface area contributed by atoms with Crippen molar-refractivity contribution < 1.29 is 14.6 Å². The number of hydrazine groups is 1. The lowest BCUT2D eigenvalue weighted by molar-refractivity contribution is -0.133. The maximum atomic E-state index is 13.6. The summed E-state index contributed by atoms with van der Waals surface area (Å²) in [6, 6.07) is 18.3. The van der Waals surface area contributed by atoms with E-state index in [1.165, 1.54) is 0 Å². The number of piperazine rings is 1. The molecule has 14 nitrogen and oxygen atoms in total. The second kappa shape index (κ2) is 14.6. The van der Waals surface area contributed by atoms with Crippen LogP contribution in [0, 0.1) is 6.92 Å². The van der Waals surface area contributed by atoms with Crippen molar-refractivity contribution in [3.05, 3.63) is 107 Å². The van der Waals surface area contributed by atoms with Gasteiger partial charge in [-0.3, -0.25) is 24.5 Å². The lowest BCUT2D eigenvalue weighted by Gasteiger charge is -2.35. The Morgan fingerprint density at radius 1 is 1.04 bits per heavy atom. The summed E-state index contributed by atoms with van der Waals surface area (Å²) >= 11 is 1.61. The third-order valence-electron chi connectivity index (χ3n) is 10.4. The number of carbonyl (C=O) groups excluding carboxylic acids is 1. The summed E-state index contributed by atoms with van der Waals surface area (Å²) in [5.41, 5.74) is 7.67. The van der Waals surface area contributed by atoms with E-state index in [0.717, 1.165) is 86.0 Å². The van der Waals surface area contributed by atoms with Crippen LogP contribution in [0.15, 0.2) is 91.0 Å². The highest BCUT2D eigenvalue weighted by Crippen LogP contribution is 2.50. The lowest BCUT2D eigenvalue weighted by atomic mass is 10.0. The first-order valence-electron chi connectivity index (χ1n) is 18.2. The molecule has 1 saturated heterocycles. The molecule has 2 aromatic carbocycles. The van der Waals surface area contributed by atoms with E-state index >= 15 is 0 Å². The van der Waals surface area contributed by atoms with Gasteiger partial charge in [-0.1, -0.05) is 36.4 Å². The van der Waals surface area contributed by atoms with Crippen molar-refractivity contribution in [1.82, 2.24) is 44.7 Å². The van der Waals surface area contributed by atoms with Crippen molar-refractivity contribution in [3.63, 3.8) is 0 Å². The van der Waals surface area contributed by atoms with Gasteiger partial charge in [0.1, 0.15) is 23.4 Å². The second-order valence-electron chi connectivity index (χ2n) is 13.5. The molecule has 2 aliphatic heterocycles. The van der Waals surface area contributed by atoms with Crippen molar-refractivity contribution in [1.29, 1.82) is 0 Å². The highest BCUT2D eigenvalue weighted by atomic mass is 32.1. The predicted octanol–water partition coefficient (Wildman–Crippen LogP) is 5.18. The fraction of sp³-hybridized carbons (Fsp3) is 0.282. The van der Waals surface area contributed by atoms with E-state index in [2.05, 4.69) is 66.5 Å². The smallest absolute Gasteiger partial charge is 0.244 e. The van der Waals surface area contributed by atoms with Gasteiger partial charge in [0.2, 0.25) is 5.91 Å². The minimum Gasteiger partial charge on any atom is -0.394 e. The molecule has 0 radical (unpaired) electrons. The van der Waals surface area contributed by atoms with Crippen LogP contribution in [-0.2, 0) is 16.1 Å². The molecule has 1 fully saturated rings. The number of para-hydroxylation sites is 2. The number of benzene rings is 2. The van der Waals surface area contributed by atoms with Gasteiger partial charge in [0.15, 0.2) is 0 Å². The van der Waals surface area contributed by atoms with E-state index < -0.39 is 0 Å². The van der Waals surface area contributed by atoms with Crippen LogP contribution in [0.2, 0.25) is 0 Å². The van der Waals surface area contributed by atoms with Crippen LogP contribution in [0.25, 0.3) is 38.5 Å². The Balaban J connectivity index is 1.08. The van der Waals surface area contributed by atoms with Gasteiger partial charge in [-0.25, -0.2) is 9.99 Å². The normalized spacial score (nSPS) is 16.7. The van der Waals surface area contributed by atoms with E-state index in [4.69, 9.17) is 25.0 Å². The zero-order valence-electron chi connectivity index (χ0n) is 29.9. The van der Waals surface area contributed by atoms with Gasteiger partial charge in [0.25, 0.3) is 0 Å². The van der Waals surface area contributed by atoms with Gasteiger partial charge >= 0.3 is 0 Å². The fourth-order valence-electron chi connectivity index (χ4n) is 7.66. The Morgan fingerprint density at radius 3 is 2.67 bits per heavy atom. The zero-order chi connectivity index (χ0) is 36.6. The number of H-pyrrole nitrogens is 3. The van der Waals surface area contributed by atoms with Crippen LogP contribution in [-0.4, -0.2) is 108 Å². The fourth-order valence-corrected chi connectivity index (χ4v) is 8.33. The van der Waals surface area contributed by atoms with Gasteiger partial charge < -0.3 is 24.7 Å². The summed E-state index contributed by atoms with van der Waals surface area (Å²) < 4.78 is 7.26. The van der Waals surface area contributed by atoms with Crippen molar-refractivity contribution in [2.75, 3.05) is 62.6 Å². The summed E-state index contributed by atoms with van der Waals surface area (Å²) in [6.45, 7) is 6.81. The molecule has 7 heterocycles. The molecule has 9 rings (SSSR count). The maximum absolute atomic E-state index is 13.6. The lowest BCUT2D eigenvalue weighted by Crippen LogP contribution is -2.50. The third kappa shape index (κ3) is 6.14. The molecule has 15 heteroatoms. The molecule has 0 saturated carbocycles. The molecular formula is C39H41N11O3S. The number of ether oxygens (including phenoxy) is 1. The number of aromatic amines is 3. The minimum atomic E-state index is -0.284. The van der Waals surface area contributed by atoms with Crippen molar-refractivity contribution in [2.24, 2.45) is 0 Å². The van der Waals surface area contributed by atoms with Gasteiger partial charge in [-0.05, 0) is 25.1 Å². The van der Waals surface area contributed by atoms with E-state index in [0.29, 0.717) is 26.3 Å². The number of amides is 1. The number of hydrogen-bond donors (Lipinski definition) is 4. The SMILES string of the molecule is Cc1c(-c2c(N3C=C(c4nccs4)C(c4[nH]nc5ccccc45)N3c3cc[nH]c3)[nH]c3ccccc23)cnn1CC(=O)N1CCN(CCOCCO)CC1. The van der Waals surface area contributed by atoms with Crippen LogP contribution in [0.1, 0.15) is 22.4 Å². The molecule has 5 aromatic heterocycles. The van der Waals surface area contributed by atoms with E-state index in [-0.39, 0.29) is 25.1 Å². The number of fused-ring (bicyclic) bond motifs is 2. The Morgan fingerprint density at radius 2 is 1.87 bits per heavy atom. The second-order valence-corrected chi connectivity index (χ2v) is 14.4. The number of nitrogens with one attached hydrogen (secondary N) is 3. The number of aromatic nitrogens is 7. The summed E-state index contributed by atoms with van der Waals surface area (Å²) in [5, 5.41) is 31.3. The first-order valence-corrected chi connectivity index (χ1v) is 19.0. The molecule has 2 aliphatic rings. The average molecular weight is 744 g/mol. The summed E-state index contributed by atoms with van der Waals surface area (Å²) in [6.07, 6.45) is 9.83. The van der Waals surface area contributed by atoms with E-state index in [1.54, 1.807) is 11.3 Å². The standard InChI is InChI=1S/C39H41N11O3S/c1-26-30(23-42-48(26)25-34(52)47-15-13-46(14-16-47)17-19-53-20-18-51)35-28-6-2-4-8-32(28)43-38(35)49-24-31(39-41-12-21-54-39)37(50(49)27-10-11-40-22-27)36-29-7-3-5-9-33(29)44-45-36/h2-12,21-24,37,40,43,51H,13-20,25H2,1H3,(H,44,45). The van der Waals surface area contributed by atoms with Crippen LogP contribution >= 0.6 is 11.3 Å². The first kappa shape index (κ1) is 34.1. The van der Waals surface area contributed by atoms with Gasteiger partial charge in [-0.2, -0.15) is 10.2 Å². The molecule has 54 heavy (non-hydrogen) atoms. The van der Waals surface area contributed by atoms with Crippen LogP contribution in [0.4, 0.5) is 11.5 Å². The quantitative estimate of drug-likeness (QED) is 0.124. The molecule has 1 atom stereocenters. The molecule has 7 aromatic rings. The number of thiazole rings is 1. The predicted molar refractivity (Wildman–Crippen MR) is 210 cm³/mol. The molecule has 0 bridgehead atoms. The Labute approximate surface area is 315 Å². The number of hydrogen-bond acceptors (Lipinski definition) is 10. The average Bonchev–Trinajstić information content (AvgIpc) is 4.06. The Kier molecular flexibility index (Phi) is 9.20. The highest BCUT2D eigenvalue weighted by Gasteiger charge is 2.41. The number of rotatable bonds is 12. The van der Waals surface area contributed by atoms with Gasteiger partial charge in [0, 0.05) is 102 Å². The number of carbonyl (C=O) groups is 1. The van der Waals surface area contributed by atoms with Gasteiger partial charge in [0.05, 0.1) is 42.9 Å². The molecule has 0 aliphatic carbocycles. The molecule has 0 spiro atoms. The van der Waals surface area contributed by atoms with Crippen LogP contribution in [0.3, 0.4) is 0 Å². The van der Waals surface area contributed by atoms with Crippen molar-refractivity contribution >= 4 is 56.1 Å². The summed E-state index contributed by atoms with van der Waals surface area (Å²) in [4.78, 5) is 29.7. The first-order chi connectivity index (χ1) is 26.6. The Bertz CT molecular complexity index is 2400. The van der Waals surface area contributed by atoms with Crippen LogP contribution in [0.5, 0.6) is 0 Å². The maximum Gasteiger partial charge on any atom is 0.244 e. The Hall–Kier alpha value is -5.74. The molecule has 1 amide bonds. The molecular weight excluding hydrogens is 703 g/mol. The number of anilines is 2. The summed E-state index contributed by atoms with van der Waals surface area (Å²) in [5.74, 6) is 0.915. The van der Waals surface area contributed by atoms with Crippen LogP contribution < -0.4 is 10.0 Å². The topological polar surface area (TPSA) is 150 Å². The van der Waals surface area contributed by atoms with Crippen molar-refractivity contribution in [2.45, 2.75) is 19.5 Å². The summed E-state index contributed by atoms with van der Waals surface area (Å²) in [7, 11) is 0. The number of nitrogens with zero attached hydrogens (tertiary/aromatic N) is 8. The van der Waals surface area contributed by atoms with E-state index in [9.17, 15) is 4.79 Å². The monoisotopic (exact) mass is 743 g/mol. The third-order valence-corrected chi connectivity index (χ3v) is 11.2. The minimum absolute atomic E-state index is 0.0259. The number of aliphatic hydroxyl groups excluding tert-OH is 1.